The second-order valence-corrected chi connectivity index (χ2v) is 7.62. The van der Waals surface area contributed by atoms with Crippen LogP contribution in [-0.4, -0.2) is 49.6 Å². The fourth-order valence-corrected chi connectivity index (χ4v) is 4.27. The van der Waals surface area contributed by atoms with Gasteiger partial charge in [-0.05, 0) is 12.5 Å². The Hall–Kier alpha value is -1.51. The van der Waals surface area contributed by atoms with Crippen molar-refractivity contribution in [3.05, 3.63) is 39.9 Å². The molecular weight excluding hydrogens is 306 g/mol. The summed E-state index contributed by atoms with van der Waals surface area (Å²) in [6.45, 7) is 4.73. The molecular formula is C14H22N3O4S+. The number of rotatable bonds is 6. The number of sulfonamides is 1. The molecule has 1 saturated heterocycles. The molecule has 8 heteroatoms. The monoisotopic (exact) mass is 328 g/mol. The number of para-hydroxylation sites is 1. The van der Waals surface area contributed by atoms with Gasteiger partial charge in [-0.3, -0.25) is 10.1 Å². The third kappa shape index (κ3) is 4.02. The van der Waals surface area contributed by atoms with Gasteiger partial charge >= 0.3 is 0 Å². The molecule has 1 aromatic carbocycles. The Morgan fingerprint density at radius 2 is 1.91 bits per heavy atom. The Morgan fingerprint density at radius 1 is 1.27 bits per heavy atom. The SMILES string of the molecule is CCCS(=O)(=O)N1CC[NH+](Cc2ccccc2[N+](=O)[O-])CC1. The third-order valence-corrected chi connectivity index (χ3v) is 5.99. The van der Waals surface area contributed by atoms with E-state index < -0.39 is 10.0 Å². The minimum absolute atomic E-state index is 0.135. The van der Waals surface area contributed by atoms with Crippen molar-refractivity contribution in [3.63, 3.8) is 0 Å². The molecule has 1 aromatic rings. The second kappa shape index (κ2) is 7.17. The van der Waals surface area contributed by atoms with E-state index in [0.29, 0.717) is 44.7 Å². The maximum Gasteiger partial charge on any atom is 0.278 e. The quantitative estimate of drug-likeness (QED) is 0.590. The first-order valence-corrected chi connectivity index (χ1v) is 9.08. The number of nitro benzene ring substituents is 1. The summed E-state index contributed by atoms with van der Waals surface area (Å²) in [7, 11) is -3.14. The van der Waals surface area contributed by atoms with Gasteiger partial charge in [-0.15, -0.1) is 0 Å². The summed E-state index contributed by atoms with van der Waals surface area (Å²) in [5.74, 6) is 0.187. The summed E-state index contributed by atoms with van der Waals surface area (Å²) >= 11 is 0. The molecule has 22 heavy (non-hydrogen) atoms. The van der Waals surface area contributed by atoms with E-state index in [1.807, 2.05) is 6.92 Å². The molecule has 1 N–H and O–H groups in total. The number of hydrogen-bond donors (Lipinski definition) is 1. The van der Waals surface area contributed by atoms with Crippen LogP contribution in [0, 0.1) is 10.1 Å². The van der Waals surface area contributed by atoms with Gasteiger partial charge in [0.15, 0.2) is 0 Å². The Kier molecular flexibility index (Phi) is 5.49. The van der Waals surface area contributed by atoms with Crippen LogP contribution in [-0.2, 0) is 16.6 Å². The second-order valence-electron chi connectivity index (χ2n) is 5.53. The minimum atomic E-state index is -3.14. The number of quaternary nitrogens is 1. The average molecular weight is 328 g/mol. The van der Waals surface area contributed by atoms with E-state index in [0.717, 1.165) is 0 Å². The van der Waals surface area contributed by atoms with Gasteiger partial charge in [0, 0.05) is 6.07 Å². The van der Waals surface area contributed by atoms with Crippen molar-refractivity contribution in [3.8, 4) is 0 Å². The Morgan fingerprint density at radius 3 is 2.50 bits per heavy atom. The van der Waals surface area contributed by atoms with Crippen molar-refractivity contribution < 1.29 is 18.2 Å². The summed E-state index contributed by atoms with van der Waals surface area (Å²) in [4.78, 5) is 11.8. The average Bonchev–Trinajstić information content (AvgIpc) is 2.48. The van der Waals surface area contributed by atoms with Crippen molar-refractivity contribution in [1.82, 2.24) is 4.31 Å². The van der Waals surface area contributed by atoms with Gasteiger partial charge in [0.2, 0.25) is 10.0 Å². The first-order valence-electron chi connectivity index (χ1n) is 7.47. The van der Waals surface area contributed by atoms with E-state index >= 15 is 0 Å². The molecule has 122 valence electrons. The number of hydrogen-bond acceptors (Lipinski definition) is 4. The number of nitrogens with zero attached hydrogens (tertiary/aromatic N) is 2. The predicted octanol–water partition coefficient (Wildman–Crippen LogP) is 0.0351. The van der Waals surface area contributed by atoms with Crippen LogP contribution in [0.1, 0.15) is 18.9 Å². The zero-order chi connectivity index (χ0) is 16.2. The molecule has 1 fully saturated rings. The van der Waals surface area contributed by atoms with Crippen LogP contribution < -0.4 is 4.90 Å². The van der Waals surface area contributed by atoms with Crippen molar-refractivity contribution >= 4 is 15.7 Å². The normalized spacial score (nSPS) is 17.5. The molecule has 0 aliphatic carbocycles. The van der Waals surface area contributed by atoms with E-state index in [2.05, 4.69) is 0 Å². The summed E-state index contributed by atoms with van der Waals surface area (Å²) in [5.41, 5.74) is 0.836. The molecule has 0 spiro atoms. The van der Waals surface area contributed by atoms with Gasteiger partial charge in [0.05, 0.1) is 42.4 Å². The molecule has 2 rings (SSSR count). The number of piperazine rings is 1. The smallest absolute Gasteiger partial charge is 0.278 e. The van der Waals surface area contributed by atoms with Crippen LogP contribution in [0.5, 0.6) is 0 Å². The highest BCUT2D eigenvalue weighted by atomic mass is 32.2. The summed E-state index contributed by atoms with van der Waals surface area (Å²) in [5, 5.41) is 11.0. The number of nitrogens with one attached hydrogen (secondary N) is 1. The van der Waals surface area contributed by atoms with Gasteiger partial charge < -0.3 is 4.90 Å². The molecule has 0 saturated carbocycles. The zero-order valence-electron chi connectivity index (χ0n) is 12.7. The molecule has 1 aliphatic rings. The van der Waals surface area contributed by atoms with Gasteiger partial charge in [-0.25, -0.2) is 8.42 Å². The lowest BCUT2D eigenvalue weighted by Crippen LogP contribution is -3.13. The molecule has 0 unspecified atom stereocenters. The molecule has 1 aliphatic heterocycles. The van der Waals surface area contributed by atoms with E-state index in [1.54, 1.807) is 22.5 Å². The number of nitro groups is 1. The first kappa shape index (κ1) is 16.9. The first-order chi connectivity index (χ1) is 10.4. The molecule has 0 amide bonds. The largest absolute Gasteiger partial charge is 0.329 e. The highest BCUT2D eigenvalue weighted by molar-refractivity contribution is 7.89. The lowest BCUT2D eigenvalue weighted by atomic mass is 10.1. The molecule has 0 radical (unpaired) electrons. The number of benzene rings is 1. The molecule has 1 heterocycles. The minimum Gasteiger partial charge on any atom is -0.329 e. The molecule has 0 aromatic heterocycles. The van der Waals surface area contributed by atoms with Crippen LogP contribution in [0.4, 0.5) is 5.69 Å². The highest BCUT2D eigenvalue weighted by Crippen LogP contribution is 2.16. The van der Waals surface area contributed by atoms with Crippen molar-refractivity contribution in [1.29, 1.82) is 0 Å². The molecule has 0 atom stereocenters. The molecule has 0 bridgehead atoms. The summed E-state index contributed by atoms with van der Waals surface area (Å²) in [6, 6.07) is 6.73. The summed E-state index contributed by atoms with van der Waals surface area (Å²) < 4.78 is 25.6. The van der Waals surface area contributed by atoms with Crippen molar-refractivity contribution in [2.75, 3.05) is 31.9 Å². The maximum atomic E-state index is 12.0. The van der Waals surface area contributed by atoms with Gasteiger partial charge in [-0.2, -0.15) is 4.31 Å². The fourth-order valence-electron chi connectivity index (χ4n) is 2.75. The van der Waals surface area contributed by atoms with E-state index in [9.17, 15) is 18.5 Å². The maximum absolute atomic E-state index is 12.0. The predicted molar refractivity (Wildman–Crippen MR) is 83.1 cm³/mol. The Labute approximate surface area is 130 Å². The third-order valence-electron chi connectivity index (χ3n) is 3.91. The van der Waals surface area contributed by atoms with Crippen molar-refractivity contribution in [2.24, 2.45) is 0 Å². The standard InChI is InChI=1S/C14H21N3O4S/c1-2-11-22(20,21)16-9-7-15(8-10-16)12-13-5-3-4-6-14(13)17(18)19/h3-6H,2,7-12H2,1H3/p+1. The lowest BCUT2D eigenvalue weighted by molar-refractivity contribution is -0.917. The Bertz CT molecular complexity index is 625. The summed E-state index contributed by atoms with van der Waals surface area (Å²) in [6.07, 6.45) is 0.617. The van der Waals surface area contributed by atoms with E-state index in [1.165, 1.54) is 11.0 Å². The molecule has 7 nitrogen and oxygen atoms in total. The van der Waals surface area contributed by atoms with Crippen LogP contribution in [0.2, 0.25) is 0 Å². The van der Waals surface area contributed by atoms with Gasteiger partial charge in [-0.1, -0.05) is 19.1 Å². The van der Waals surface area contributed by atoms with Crippen LogP contribution in [0.25, 0.3) is 0 Å². The van der Waals surface area contributed by atoms with Gasteiger partial charge in [0.1, 0.15) is 6.54 Å². The Balaban J connectivity index is 1.98. The van der Waals surface area contributed by atoms with Crippen LogP contribution in [0.3, 0.4) is 0 Å². The topological polar surface area (TPSA) is 85.0 Å². The van der Waals surface area contributed by atoms with E-state index in [-0.39, 0.29) is 16.4 Å². The zero-order valence-corrected chi connectivity index (χ0v) is 13.5. The highest BCUT2D eigenvalue weighted by Gasteiger charge is 2.29. The van der Waals surface area contributed by atoms with Gasteiger partial charge in [0.25, 0.3) is 5.69 Å². The van der Waals surface area contributed by atoms with Crippen LogP contribution >= 0.6 is 0 Å². The fraction of sp³-hybridized carbons (Fsp3) is 0.571. The van der Waals surface area contributed by atoms with Crippen molar-refractivity contribution in [2.45, 2.75) is 19.9 Å². The lowest BCUT2D eigenvalue weighted by Gasteiger charge is -2.31. The van der Waals surface area contributed by atoms with E-state index in [4.69, 9.17) is 0 Å². The van der Waals surface area contributed by atoms with Crippen LogP contribution in [0.15, 0.2) is 24.3 Å².